The smallest absolute Gasteiger partial charge is 0.207 e. The lowest BCUT2D eigenvalue weighted by Gasteiger charge is -2.12. The third-order valence-electron chi connectivity index (χ3n) is 3.72. The minimum atomic E-state index is -1.11. The number of halogens is 2. The van der Waals surface area contributed by atoms with Gasteiger partial charge in [-0.25, -0.2) is 8.78 Å². The minimum Gasteiger partial charge on any atom is -0.341 e. The molecule has 0 atom stereocenters. The van der Waals surface area contributed by atoms with E-state index < -0.39 is 17.1 Å². The highest BCUT2D eigenvalue weighted by Crippen LogP contribution is 2.18. The van der Waals surface area contributed by atoms with Gasteiger partial charge in [-0.05, 0) is 18.6 Å². The molecule has 1 heterocycles. The lowest BCUT2D eigenvalue weighted by molar-refractivity contribution is 0.510. The molecule has 3 rings (SSSR count). The summed E-state index contributed by atoms with van der Waals surface area (Å²) in [7, 11) is 0. The first-order valence-corrected chi connectivity index (χ1v) is 6.97. The first-order valence-electron chi connectivity index (χ1n) is 6.97. The summed E-state index contributed by atoms with van der Waals surface area (Å²) < 4.78 is 28.6. The lowest BCUT2D eigenvalue weighted by atomic mass is 10.1. The Bertz CT molecular complexity index is 999. The van der Waals surface area contributed by atoms with Gasteiger partial charge in [0.25, 0.3) is 0 Å². The largest absolute Gasteiger partial charge is 0.341 e. The molecule has 1 aromatic heterocycles. The van der Waals surface area contributed by atoms with E-state index in [0.29, 0.717) is 6.54 Å². The van der Waals surface area contributed by atoms with Crippen molar-refractivity contribution in [3.63, 3.8) is 0 Å². The Hall–Kier alpha value is -3.00. The number of rotatable bonds is 2. The Morgan fingerprint density at radius 2 is 1.78 bits per heavy atom. The minimum absolute atomic E-state index is 0.00457. The van der Waals surface area contributed by atoms with Crippen LogP contribution in [-0.4, -0.2) is 4.57 Å². The Morgan fingerprint density at radius 3 is 2.43 bits per heavy atom. The first kappa shape index (κ1) is 14.9. The van der Waals surface area contributed by atoms with Crippen LogP contribution in [-0.2, 0) is 6.54 Å². The third-order valence-corrected chi connectivity index (χ3v) is 3.72. The quantitative estimate of drug-likeness (QED) is 0.727. The number of nitriles is 1. The van der Waals surface area contributed by atoms with Gasteiger partial charge in [0.15, 0.2) is 11.6 Å². The molecule has 0 aliphatic carbocycles. The van der Waals surface area contributed by atoms with Crippen molar-refractivity contribution in [2.24, 2.45) is 0 Å². The summed E-state index contributed by atoms with van der Waals surface area (Å²) in [5.41, 5.74) is 1.59. The molecule has 0 spiro atoms. The van der Waals surface area contributed by atoms with Crippen molar-refractivity contribution in [1.82, 2.24) is 4.57 Å². The number of aryl methyl sites for hydroxylation is 1. The molecule has 3 nitrogen and oxygen atoms in total. The Morgan fingerprint density at radius 1 is 1.13 bits per heavy atom. The van der Waals surface area contributed by atoms with Crippen molar-refractivity contribution >= 4 is 10.9 Å². The lowest BCUT2D eigenvalue weighted by Crippen LogP contribution is -2.14. The molecule has 0 saturated heterocycles. The van der Waals surface area contributed by atoms with E-state index in [1.807, 2.05) is 37.3 Å². The van der Waals surface area contributed by atoms with Gasteiger partial charge in [-0.3, -0.25) is 4.79 Å². The molecule has 2 aromatic carbocycles. The van der Waals surface area contributed by atoms with Crippen LogP contribution >= 0.6 is 0 Å². The summed E-state index contributed by atoms with van der Waals surface area (Å²) in [6, 6.07) is 11.3. The third kappa shape index (κ3) is 2.71. The fraction of sp³-hybridized carbons (Fsp3) is 0.111. The van der Waals surface area contributed by atoms with Gasteiger partial charge >= 0.3 is 0 Å². The second-order valence-corrected chi connectivity index (χ2v) is 5.38. The predicted octanol–water partition coefficient (Wildman–Crippen LogP) is 3.51. The topological polar surface area (TPSA) is 45.8 Å². The van der Waals surface area contributed by atoms with E-state index in [2.05, 4.69) is 0 Å². The molecule has 0 N–H and O–H groups in total. The van der Waals surface area contributed by atoms with E-state index in [1.165, 1.54) is 6.20 Å². The number of hydrogen-bond acceptors (Lipinski definition) is 2. The molecule has 3 aromatic rings. The molecule has 0 amide bonds. The zero-order chi connectivity index (χ0) is 16.6. The molecule has 23 heavy (non-hydrogen) atoms. The molecular formula is C18H12F2N2O. The van der Waals surface area contributed by atoms with Crippen molar-refractivity contribution in [1.29, 1.82) is 5.26 Å². The van der Waals surface area contributed by atoms with Gasteiger partial charge in [0.2, 0.25) is 5.43 Å². The summed E-state index contributed by atoms with van der Waals surface area (Å²) in [6.07, 6.45) is 1.38. The first-order chi connectivity index (χ1) is 11.0. The Kier molecular flexibility index (Phi) is 3.67. The number of benzene rings is 2. The van der Waals surface area contributed by atoms with Gasteiger partial charge in [0.05, 0.1) is 10.9 Å². The normalized spacial score (nSPS) is 10.7. The Labute approximate surface area is 131 Å². The van der Waals surface area contributed by atoms with Crippen molar-refractivity contribution in [2.45, 2.75) is 13.5 Å². The van der Waals surface area contributed by atoms with E-state index in [1.54, 1.807) is 4.57 Å². The second kappa shape index (κ2) is 5.65. The summed E-state index contributed by atoms with van der Waals surface area (Å²) in [5.74, 6) is -2.13. The number of aromatic nitrogens is 1. The maximum atomic E-state index is 13.6. The van der Waals surface area contributed by atoms with Crippen LogP contribution in [0.4, 0.5) is 8.78 Å². The average molecular weight is 310 g/mol. The molecule has 5 heteroatoms. The highest BCUT2D eigenvalue weighted by Gasteiger charge is 2.13. The van der Waals surface area contributed by atoms with Gasteiger partial charge in [-0.15, -0.1) is 0 Å². The van der Waals surface area contributed by atoms with E-state index in [-0.39, 0.29) is 16.5 Å². The van der Waals surface area contributed by atoms with Crippen LogP contribution in [0, 0.1) is 29.9 Å². The number of fused-ring (bicyclic) bond motifs is 1. The average Bonchev–Trinajstić information content (AvgIpc) is 2.54. The fourth-order valence-electron chi connectivity index (χ4n) is 2.49. The SMILES string of the molecule is Cc1ccc(Cn2cc(C#N)c(=O)c3cc(F)c(F)cc32)cc1. The number of hydrogen-bond donors (Lipinski definition) is 0. The predicted molar refractivity (Wildman–Crippen MR) is 83.1 cm³/mol. The van der Waals surface area contributed by atoms with Gasteiger partial charge in [0.1, 0.15) is 11.6 Å². The summed E-state index contributed by atoms with van der Waals surface area (Å²) >= 11 is 0. The van der Waals surface area contributed by atoms with E-state index in [0.717, 1.165) is 23.3 Å². The van der Waals surface area contributed by atoms with Gasteiger partial charge in [-0.2, -0.15) is 5.26 Å². The van der Waals surface area contributed by atoms with Crippen LogP contribution < -0.4 is 5.43 Å². The zero-order valence-electron chi connectivity index (χ0n) is 12.3. The van der Waals surface area contributed by atoms with Crippen LogP contribution in [0.2, 0.25) is 0 Å². The zero-order valence-corrected chi connectivity index (χ0v) is 12.3. The van der Waals surface area contributed by atoms with Crippen molar-refractivity contribution < 1.29 is 8.78 Å². The summed E-state index contributed by atoms with van der Waals surface area (Å²) in [5, 5.41) is 9.09. The van der Waals surface area contributed by atoms with Crippen molar-refractivity contribution in [3.8, 4) is 6.07 Å². The highest BCUT2D eigenvalue weighted by molar-refractivity contribution is 5.80. The second-order valence-electron chi connectivity index (χ2n) is 5.38. The van der Waals surface area contributed by atoms with Crippen molar-refractivity contribution in [2.75, 3.05) is 0 Å². The number of nitrogens with zero attached hydrogens (tertiary/aromatic N) is 2. The summed E-state index contributed by atoms with van der Waals surface area (Å²) in [4.78, 5) is 12.1. The van der Waals surface area contributed by atoms with Crippen LogP contribution in [0.5, 0.6) is 0 Å². The van der Waals surface area contributed by atoms with E-state index in [9.17, 15) is 13.6 Å². The molecule has 0 fully saturated rings. The maximum Gasteiger partial charge on any atom is 0.207 e. The van der Waals surface area contributed by atoms with Crippen LogP contribution in [0.15, 0.2) is 47.4 Å². The number of pyridine rings is 1. The molecule has 0 aliphatic rings. The standard InChI is InChI=1S/C18H12F2N2O/c1-11-2-4-12(5-3-11)9-22-10-13(8-21)18(23)14-6-15(19)16(20)7-17(14)22/h2-7,10H,9H2,1H3. The molecule has 0 saturated carbocycles. The molecule has 114 valence electrons. The van der Waals surface area contributed by atoms with Crippen LogP contribution in [0.3, 0.4) is 0 Å². The van der Waals surface area contributed by atoms with E-state index in [4.69, 9.17) is 5.26 Å². The molecular weight excluding hydrogens is 298 g/mol. The fourth-order valence-corrected chi connectivity index (χ4v) is 2.49. The summed E-state index contributed by atoms with van der Waals surface area (Å²) in [6.45, 7) is 2.31. The molecule has 0 unspecified atom stereocenters. The van der Waals surface area contributed by atoms with Gasteiger partial charge in [-0.1, -0.05) is 29.8 Å². The highest BCUT2D eigenvalue weighted by atomic mass is 19.2. The monoisotopic (exact) mass is 310 g/mol. The molecule has 0 radical (unpaired) electrons. The van der Waals surface area contributed by atoms with Crippen LogP contribution in [0.25, 0.3) is 10.9 Å². The maximum absolute atomic E-state index is 13.6. The van der Waals surface area contributed by atoms with Gasteiger partial charge < -0.3 is 4.57 Å². The van der Waals surface area contributed by atoms with Crippen LogP contribution in [0.1, 0.15) is 16.7 Å². The van der Waals surface area contributed by atoms with Gasteiger partial charge in [0, 0.05) is 18.8 Å². The Balaban J connectivity index is 2.25. The molecule has 0 bridgehead atoms. The van der Waals surface area contributed by atoms with Crippen molar-refractivity contribution in [3.05, 3.63) is 81.1 Å². The van der Waals surface area contributed by atoms with E-state index >= 15 is 0 Å². The molecule has 0 aliphatic heterocycles.